The number of benzene rings is 2. The SMILES string of the molecule is NC1CCc2ccc(OCCCS(=O)(=O)CC3CC3)cc2C1Cc1ccc(Cl)c(Cl)c1. The zero-order valence-corrected chi connectivity index (χ0v) is 19.9. The fourth-order valence-corrected chi connectivity index (χ4v) is 6.46. The number of hydrogen-bond acceptors (Lipinski definition) is 4. The molecule has 2 aliphatic rings. The van der Waals surface area contributed by atoms with E-state index in [1.165, 1.54) is 11.1 Å². The van der Waals surface area contributed by atoms with E-state index in [4.69, 9.17) is 33.7 Å². The molecule has 31 heavy (non-hydrogen) atoms. The maximum Gasteiger partial charge on any atom is 0.150 e. The van der Waals surface area contributed by atoms with Crippen molar-refractivity contribution >= 4 is 33.0 Å². The van der Waals surface area contributed by atoms with Crippen molar-refractivity contribution in [2.45, 2.75) is 50.5 Å². The Kier molecular flexibility index (Phi) is 7.17. The highest BCUT2D eigenvalue weighted by Crippen LogP contribution is 2.37. The van der Waals surface area contributed by atoms with Crippen LogP contribution in [0.3, 0.4) is 0 Å². The Labute approximate surface area is 195 Å². The van der Waals surface area contributed by atoms with Crippen LogP contribution in [0.2, 0.25) is 10.0 Å². The number of halogens is 2. The molecule has 2 unspecified atom stereocenters. The van der Waals surface area contributed by atoms with Crippen LogP contribution in [-0.4, -0.2) is 32.6 Å². The third kappa shape index (κ3) is 6.16. The molecule has 1 saturated carbocycles. The van der Waals surface area contributed by atoms with Gasteiger partial charge in [0, 0.05) is 12.0 Å². The zero-order chi connectivity index (χ0) is 22.0. The highest BCUT2D eigenvalue weighted by Gasteiger charge is 2.29. The molecule has 0 saturated heterocycles. The quantitative estimate of drug-likeness (QED) is 0.500. The van der Waals surface area contributed by atoms with Crippen molar-refractivity contribution in [3.63, 3.8) is 0 Å². The predicted octanol–water partition coefficient (Wildman–Crippen LogP) is 5.19. The van der Waals surface area contributed by atoms with Crippen LogP contribution in [0.15, 0.2) is 36.4 Å². The first-order valence-electron chi connectivity index (χ1n) is 11.0. The fourth-order valence-electron chi connectivity index (χ4n) is 4.37. The lowest BCUT2D eigenvalue weighted by atomic mass is 9.76. The normalized spacial score (nSPS) is 21.0. The molecule has 2 N–H and O–H groups in total. The third-order valence-electron chi connectivity index (χ3n) is 6.28. The first-order chi connectivity index (χ1) is 14.8. The molecule has 2 atom stereocenters. The van der Waals surface area contributed by atoms with Gasteiger partial charge in [-0.1, -0.05) is 35.3 Å². The van der Waals surface area contributed by atoms with Gasteiger partial charge in [-0.2, -0.15) is 0 Å². The van der Waals surface area contributed by atoms with Gasteiger partial charge in [0.15, 0.2) is 9.84 Å². The number of rotatable bonds is 9. The van der Waals surface area contributed by atoms with Crippen LogP contribution in [0.25, 0.3) is 0 Å². The van der Waals surface area contributed by atoms with E-state index < -0.39 is 9.84 Å². The van der Waals surface area contributed by atoms with Crippen molar-refractivity contribution in [2.24, 2.45) is 11.7 Å². The van der Waals surface area contributed by atoms with E-state index in [0.717, 1.165) is 43.4 Å². The molecule has 0 aliphatic heterocycles. The van der Waals surface area contributed by atoms with E-state index in [0.29, 0.717) is 34.7 Å². The lowest BCUT2D eigenvalue weighted by Crippen LogP contribution is -2.34. The smallest absolute Gasteiger partial charge is 0.150 e. The molecule has 0 amide bonds. The van der Waals surface area contributed by atoms with Crippen LogP contribution in [0.1, 0.15) is 48.3 Å². The predicted molar refractivity (Wildman–Crippen MR) is 127 cm³/mol. The van der Waals surface area contributed by atoms with Gasteiger partial charge in [-0.25, -0.2) is 8.42 Å². The molecule has 2 aromatic carbocycles. The molecule has 4 rings (SSSR count). The molecule has 0 spiro atoms. The summed E-state index contributed by atoms with van der Waals surface area (Å²) in [5, 5.41) is 1.10. The minimum atomic E-state index is -2.96. The number of aryl methyl sites for hydroxylation is 1. The lowest BCUT2D eigenvalue weighted by molar-refractivity contribution is 0.316. The fraction of sp³-hybridized carbons (Fsp3) is 0.500. The molecule has 2 aliphatic carbocycles. The van der Waals surface area contributed by atoms with E-state index >= 15 is 0 Å². The molecular weight excluding hydrogens is 453 g/mol. The largest absolute Gasteiger partial charge is 0.494 e. The molecule has 2 aromatic rings. The first-order valence-corrected chi connectivity index (χ1v) is 13.5. The van der Waals surface area contributed by atoms with E-state index in [1.807, 2.05) is 24.3 Å². The van der Waals surface area contributed by atoms with Gasteiger partial charge in [0.2, 0.25) is 0 Å². The Hall–Kier alpha value is -1.27. The monoisotopic (exact) mass is 481 g/mol. The van der Waals surface area contributed by atoms with Gasteiger partial charge in [-0.15, -0.1) is 0 Å². The van der Waals surface area contributed by atoms with Crippen molar-refractivity contribution in [3.8, 4) is 5.75 Å². The topological polar surface area (TPSA) is 69.4 Å². The second-order valence-corrected chi connectivity index (χ2v) is 11.9. The number of hydrogen-bond donors (Lipinski definition) is 1. The van der Waals surface area contributed by atoms with Crippen LogP contribution in [0.5, 0.6) is 5.75 Å². The second-order valence-electron chi connectivity index (χ2n) is 8.88. The zero-order valence-electron chi connectivity index (χ0n) is 17.5. The summed E-state index contributed by atoms with van der Waals surface area (Å²) < 4.78 is 30.1. The summed E-state index contributed by atoms with van der Waals surface area (Å²) >= 11 is 12.3. The summed E-state index contributed by atoms with van der Waals surface area (Å²) in [5.41, 5.74) is 10.1. The van der Waals surface area contributed by atoms with E-state index in [9.17, 15) is 8.42 Å². The molecular formula is C24H29Cl2NO3S. The average Bonchev–Trinajstić information content (AvgIpc) is 3.53. The van der Waals surface area contributed by atoms with Crippen LogP contribution in [0, 0.1) is 5.92 Å². The molecule has 1 fully saturated rings. The minimum absolute atomic E-state index is 0.0600. The molecule has 168 valence electrons. The average molecular weight is 482 g/mol. The van der Waals surface area contributed by atoms with Gasteiger partial charge >= 0.3 is 0 Å². The first kappa shape index (κ1) is 22.9. The van der Waals surface area contributed by atoms with Crippen molar-refractivity contribution in [1.82, 2.24) is 0 Å². The Morgan fingerprint density at radius 1 is 1.03 bits per heavy atom. The summed E-state index contributed by atoms with van der Waals surface area (Å²) in [7, 11) is -2.96. The molecule has 0 heterocycles. The van der Waals surface area contributed by atoms with Crippen LogP contribution in [0.4, 0.5) is 0 Å². The maximum atomic E-state index is 12.1. The molecule has 7 heteroatoms. The molecule has 0 bridgehead atoms. The Morgan fingerprint density at radius 2 is 1.84 bits per heavy atom. The summed E-state index contributed by atoms with van der Waals surface area (Å²) in [6.45, 7) is 0.395. The van der Waals surface area contributed by atoms with Crippen molar-refractivity contribution in [3.05, 3.63) is 63.1 Å². The summed E-state index contributed by atoms with van der Waals surface area (Å²) in [6, 6.07) is 12.0. The second kappa shape index (κ2) is 9.70. The van der Waals surface area contributed by atoms with E-state index in [-0.39, 0.29) is 17.7 Å². The third-order valence-corrected chi connectivity index (χ3v) is 8.90. The Bertz CT molecular complexity index is 1040. The molecule has 0 aromatic heterocycles. The Balaban J connectivity index is 1.41. The number of fused-ring (bicyclic) bond motifs is 1. The van der Waals surface area contributed by atoms with E-state index in [1.54, 1.807) is 0 Å². The summed E-state index contributed by atoms with van der Waals surface area (Å²) in [6.07, 6.45) is 5.30. The van der Waals surface area contributed by atoms with Gasteiger partial charge in [-0.3, -0.25) is 0 Å². The lowest BCUT2D eigenvalue weighted by Gasteiger charge is -2.32. The maximum absolute atomic E-state index is 12.1. The summed E-state index contributed by atoms with van der Waals surface area (Å²) in [5.74, 6) is 1.86. The standard InChI is InChI=1S/C24H29Cl2NO3S/c25-22-8-4-17(13-23(22)26)12-21-20-14-19(7-5-18(20)6-9-24(21)27)30-10-1-11-31(28,29)15-16-2-3-16/h4-5,7-8,13-14,16,21,24H,1-3,6,9-12,15,27H2. The van der Waals surface area contributed by atoms with Crippen molar-refractivity contribution < 1.29 is 13.2 Å². The number of sulfone groups is 1. The highest BCUT2D eigenvalue weighted by molar-refractivity contribution is 7.91. The van der Waals surface area contributed by atoms with Gasteiger partial charge in [0.05, 0.1) is 28.2 Å². The number of nitrogens with two attached hydrogens (primary N) is 1. The van der Waals surface area contributed by atoms with Crippen molar-refractivity contribution in [2.75, 3.05) is 18.1 Å². The Morgan fingerprint density at radius 3 is 2.58 bits per heavy atom. The molecule has 4 nitrogen and oxygen atoms in total. The highest BCUT2D eigenvalue weighted by atomic mass is 35.5. The van der Waals surface area contributed by atoms with Gasteiger partial charge in [0.25, 0.3) is 0 Å². The summed E-state index contributed by atoms with van der Waals surface area (Å²) in [4.78, 5) is 0. The van der Waals surface area contributed by atoms with Gasteiger partial charge in [-0.05, 0) is 85.4 Å². The molecule has 0 radical (unpaired) electrons. The van der Waals surface area contributed by atoms with Crippen LogP contribution >= 0.6 is 23.2 Å². The van der Waals surface area contributed by atoms with Gasteiger partial charge in [0.1, 0.15) is 5.75 Å². The van der Waals surface area contributed by atoms with E-state index in [2.05, 4.69) is 12.1 Å². The van der Waals surface area contributed by atoms with Gasteiger partial charge < -0.3 is 10.5 Å². The number of ether oxygens (including phenoxy) is 1. The van der Waals surface area contributed by atoms with Crippen LogP contribution < -0.4 is 10.5 Å². The van der Waals surface area contributed by atoms with Crippen molar-refractivity contribution in [1.29, 1.82) is 0 Å². The van der Waals surface area contributed by atoms with Crippen LogP contribution in [-0.2, 0) is 22.7 Å². The minimum Gasteiger partial charge on any atom is -0.494 e.